The number of nitrogens with zero attached hydrogens (tertiary/aromatic N) is 3. The first kappa shape index (κ1) is 26.1. The quantitative estimate of drug-likeness (QED) is 0.347. The minimum Gasteiger partial charge on any atom is -0.382 e. The van der Waals surface area contributed by atoms with Gasteiger partial charge in [0.05, 0.1) is 36.1 Å². The van der Waals surface area contributed by atoms with Gasteiger partial charge in [0.1, 0.15) is 17.7 Å². The molecule has 2 N–H and O–H groups in total. The number of carbonyl (C=O) groups is 2. The number of imidazole rings is 1. The van der Waals surface area contributed by atoms with Gasteiger partial charge in [-0.1, -0.05) is 31.2 Å². The van der Waals surface area contributed by atoms with Crippen molar-refractivity contribution in [2.24, 2.45) is 5.92 Å². The van der Waals surface area contributed by atoms with Crippen LogP contribution in [0.1, 0.15) is 46.9 Å². The number of benzene rings is 2. The molecule has 0 saturated carbocycles. The SMILES string of the molecule is Cc1nc2ccccc2n1Cc1ccc(CNC(=O)[C@H](C)C(O)C(=O)N2CCCC2c2ccc(F)cc2)s1. The molecule has 38 heavy (non-hydrogen) atoms. The molecule has 4 aromatic rings. The Balaban J connectivity index is 1.17. The van der Waals surface area contributed by atoms with Gasteiger partial charge in [-0.05, 0) is 61.7 Å². The molecule has 3 heterocycles. The van der Waals surface area contributed by atoms with Crippen molar-refractivity contribution >= 4 is 34.2 Å². The third-order valence-corrected chi connectivity index (χ3v) is 8.31. The number of para-hydroxylation sites is 2. The summed E-state index contributed by atoms with van der Waals surface area (Å²) >= 11 is 1.61. The summed E-state index contributed by atoms with van der Waals surface area (Å²) in [5.74, 6) is -1.15. The molecule has 2 aromatic heterocycles. The van der Waals surface area contributed by atoms with Gasteiger partial charge in [0.2, 0.25) is 5.91 Å². The van der Waals surface area contributed by atoms with E-state index in [2.05, 4.69) is 20.9 Å². The van der Waals surface area contributed by atoms with Crippen LogP contribution in [0, 0.1) is 18.7 Å². The second-order valence-electron chi connectivity index (χ2n) is 9.79. The first-order valence-electron chi connectivity index (χ1n) is 12.8. The molecule has 2 aromatic carbocycles. The topological polar surface area (TPSA) is 87.5 Å². The number of aliphatic hydroxyl groups is 1. The van der Waals surface area contributed by atoms with Gasteiger partial charge in [0.15, 0.2) is 0 Å². The fourth-order valence-electron chi connectivity index (χ4n) is 5.08. The molecule has 2 unspecified atom stereocenters. The molecule has 1 aliphatic rings. The van der Waals surface area contributed by atoms with Crippen molar-refractivity contribution < 1.29 is 19.1 Å². The highest BCUT2D eigenvalue weighted by atomic mass is 32.1. The summed E-state index contributed by atoms with van der Waals surface area (Å²) in [6, 6.07) is 17.9. The third-order valence-electron chi connectivity index (χ3n) is 7.24. The molecule has 7 nitrogen and oxygen atoms in total. The van der Waals surface area contributed by atoms with Crippen molar-refractivity contribution in [3.63, 3.8) is 0 Å². The minimum atomic E-state index is -1.45. The zero-order valence-corrected chi connectivity index (χ0v) is 22.2. The molecule has 2 amide bonds. The van der Waals surface area contributed by atoms with Gasteiger partial charge >= 0.3 is 0 Å². The van der Waals surface area contributed by atoms with Crippen LogP contribution in [0.2, 0.25) is 0 Å². The van der Waals surface area contributed by atoms with Gasteiger partial charge in [-0.3, -0.25) is 9.59 Å². The number of halogens is 1. The van der Waals surface area contributed by atoms with Crippen molar-refractivity contribution in [2.45, 2.75) is 51.9 Å². The zero-order valence-electron chi connectivity index (χ0n) is 21.4. The Bertz CT molecular complexity index is 1450. The summed E-state index contributed by atoms with van der Waals surface area (Å²) in [6.45, 7) is 5.07. The fourth-order valence-corrected chi connectivity index (χ4v) is 6.02. The number of hydrogen-bond donors (Lipinski definition) is 2. The number of hydrogen-bond acceptors (Lipinski definition) is 5. The van der Waals surface area contributed by atoms with E-state index in [4.69, 9.17) is 0 Å². The number of carbonyl (C=O) groups excluding carboxylic acids is 2. The van der Waals surface area contributed by atoms with Crippen LogP contribution in [0.15, 0.2) is 60.7 Å². The van der Waals surface area contributed by atoms with Crippen LogP contribution in [-0.4, -0.2) is 44.0 Å². The van der Waals surface area contributed by atoms with Gasteiger partial charge in [-0.15, -0.1) is 11.3 Å². The summed E-state index contributed by atoms with van der Waals surface area (Å²) < 4.78 is 15.5. The van der Waals surface area contributed by atoms with Crippen LogP contribution >= 0.6 is 11.3 Å². The van der Waals surface area contributed by atoms with Crippen molar-refractivity contribution in [1.29, 1.82) is 0 Å². The third kappa shape index (κ3) is 5.35. The van der Waals surface area contributed by atoms with Gasteiger partial charge in [-0.25, -0.2) is 9.37 Å². The average molecular weight is 535 g/mol. The monoisotopic (exact) mass is 534 g/mol. The van der Waals surface area contributed by atoms with Crippen molar-refractivity contribution in [2.75, 3.05) is 6.54 Å². The lowest BCUT2D eigenvalue weighted by Crippen LogP contribution is -2.46. The molecule has 9 heteroatoms. The molecule has 5 rings (SSSR count). The van der Waals surface area contributed by atoms with Gasteiger partial charge in [0.25, 0.3) is 5.91 Å². The van der Waals surface area contributed by atoms with Crippen LogP contribution in [-0.2, 0) is 22.7 Å². The lowest BCUT2D eigenvalue weighted by molar-refractivity contribution is -0.148. The Kier molecular flexibility index (Phi) is 7.58. The lowest BCUT2D eigenvalue weighted by Gasteiger charge is -2.29. The lowest BCUT2D eigenvalue weighted by atomic mass is 10.0. The highest BCUT2D eigenvalue weighted by molar-refractivity contribution is 7.12. The maximum atomic E-state index is 13.3. The molecular formula is C29H31FN4O3S. The number of aromatic nitrogens is 2. The van der Waals surface area contributed by atoms with Crippen LogP contribution in [0.5, 0.6) is 0 Å². The summed E-state index contributed by atoms with van der Waals surface area (Å²) in [4.78, 5) is 34.3. The van der Waals surface area contributed by atoms with E-state index in [0.717, 1.165) is 45.0 Å². The van der Waals surface area contributed by atoms with Crippen LogP contribution in [0.4, 0.5) is 4.39 Å². The summed E-state index contributed by atoms with van der Waals surface area (Å²) in [6.07, 6.45) is 0.0723. The minimum absolute atomic E-state index is 0.228. The number of rotatable bonds is 8. The van der Waals surface area contributed by atoms with Gasteiger partial charge in [0, 0.05) is 16.3 Å². The van der Waals surface area contributed by atoms with Gasteiger partial charge < -0.3 is 19.9 Å². The molecule has 3 atom stereocenters. The molecule has 1 saturated heterocycles. The van der Waals surface area contributed by atoms with E-state index in [1.54, 1.807) is 35.3 Å². The maximum absolute atomic E-state index is 13.3. The number of aryl methyl sites for hydroxylation is 1. The van der Waals surface area contributed by atoms with Crippen LogP contribution in [0.3, 0.4) is 0 Å². The predicted molar refractivity (Wildman–Crippen MR) is 145 cm³/mol. The Morgan fingerprint density at radius 1 is 1.13 bits per heavy atom. The Hall–Kier alpha value is -3.56. The molecule has 0 radical (unpaired) electrons. The number of nitrogens with one attached hydrogen (secondary N) is 1. The van der Waals surface area contributed by atoms with Crippen molar-refractivity contribution in [1.82, 2.24) is 19.8 Å². The van der Waals surface area contributed by atoms with E-state index in [0.29, 0.717) is 19.6 Å². The van der Waals surface area contributed by atoms with E-state index in [9.17, 15) is 19.1 Å². The molecular weight excluding hydrogens is 503 g/mol. The van der Waals surface area contributed by atoms with E-state index in [1.807, 2.05) is 37.3 Å². The van der Waals surface area contributed by atoms with Crippen molar-refractivity contribution in [3.8, 4) is 0 Å². The average Bonchev–Trinajstić information content (AvgIpc) is 3.66. The highest BCUT2D eigenvalue weighted by Crippen LogP contribution is 2.33. The Morgan fingerprint density at radius 3 is 2.66 bits per heavy atom. The number of aliphatic hydroxyl groups excluding tert-OH is 1. The first-order chi connectivity index (χ1) is 18.3. The largest absolute Gasteiger partial charge is 0.382 e. The van der Waals surface area contributed by atoms with Crippen LogP contribution in [0.25, 0.3) is 11.0 Å². The van der Waals surface area contributed by atoms with E-state index >= 15 is 0 Å². The number of fused-ring (bicyclic) bond motifs is 1. The second-order valence-corrected chi connectivity index (χ2v) is 11.0. The summed E-state index contributed by atoms with van der Waals surface area (Å²) in [5, 5.41) is 13.6. The number of amides is 2. The number of likely N-dealkylation sites (tertiary alicyclic amines) is 1. The van der Waals surface area contributed by atoms with E-state index in [1.165, 1.54) is 12.1 Å². The summed E-state index contributed by atoms with van der Waals surface area (Å²) in [5.41, 5.74) is 2.88. The standard InChI is InChI=1S/C29H31FN4O3S/c1-18(27(35)29(37)33-15-5-8-25(33)20-9-11-21(30)12-10-20)28(36)31-16-22-13-14-23(38-22)17-34-19(2)32-24-6-3-4-7-26(24)34/h3-4,6-7,9-14,18,25,27,35H,5,8,15-17H2,1-2H3,(H,31,36)/t18-,25?,27?/m1/s1. The van der Waals surface area contributed by atoms with Gasteiger partial charge in [-0.2, -0.15) is 0 Å². The molecule has 198 valence electrons. The molecule has 0 bridgehead atoms. The molecule has 0 spiro atoms. The predicted octanol–water partition coefficient (Wildman–Crippen LogP) is 4.57. The highest BCUT2D eigenvalue weighted by Gasteiger charge is 2.37. The molecule has 0 aliphatic carbocycles. The first-order valence-corrected chi connectivity index (χ1v) is 13.6. The molecule has 1 aliphatic heterocycles. The Morgan fingerprint density at radius 2 is 1.87 bits per heavy atom. The molecule has 1 fully saturated rings. The normalized spacial score (nSPS) is 17.1. The second kappa shape index (κ2) is 11.0. The number of thiophene rings is 1. The Labute approximate surface area is 224 Å². The fraction of sp³-hybridized carbons (Fsp3) is 0.345. The maximum Gasteiger partial charge on any atom is 0.252 e. The van der Waals surface area contributed by atoms with Crippen molar-refractivity contribution in [3.05, 3.63) is 87.6 Å². The smallest absolute Gasteiger partial charge is 0.252 e. The van der Waals surface area contributed by atoms with E-state index < -0.39 is 17.9 Å². The zero-order chi connectivity index (χ0) is 26.8. The summed E-state index contributed by atoms with van der Waals surface area (Å²) in [7, 11) is 0. The van der Waals surface area contributed by atoms with Crippen LogP contribution < -0.4 is 5.32 Å². The van der Waals surface area contributed by atoms with E-state index in [-0.39, 0.29) is 17.8 Å².